The maximum atomic E-state index is 8.17. The number of fused-ring (bicyclic) bond motifs is 1. The van der Waals surface area contributed by atoms with Crippen molar-refractivity contribution < 1.29 is 0 Å². The third kappa shape index (κ3) is 4.11. The number of nitrogens with one attached hydrogen (secondary N) is 3. The van der Waals surface area contributed by atoms with Gasteiger partial charge >= 0.3 is 0 Å². The monoisotopic (exact) mass is 354 g/mol. The molecule has 0 bridgehead atoms. The molecule has 0 saturated carbocycles. The Labute approximate surface area is 153 Å². The molecule has 0 spiro atoms. The molecule has 4 nitrogen and oxygen atoms in total. The highest BCUT2D eigenvalue weighted by atomic mass is 32.1. The van der Waals surface area contributed by atoms with Crippen molar-refractivity contribution in [2.24, 2.45) is 5.73 Å². The van der Waals surface area contributed by atoms with Crippen molar-refractivity contribution in [1.82, 2.24) is 4.98 Å². The van der Waals surface area contributed by atoms with Crippen LogP contribution in [0.1, 0.15) is 49.0 Å². The van der Waals surface area contributed by atoms with Crippen LogP contribution in [-0.4, -0.2) is 17.4 Å². The molecule has 5 heteroatoms. The molecule has 1 atom stereocenters. The first-order valence-electron chi connectivity index (χ1n) is 8.93. The number of benzene rings is 1. The molecule has 0 aliphatic heterocycles. The Bertz CT molecular complexity index is 819. The van der Waals surface area contributed by atoms with Gasteiger partial charge in [0, 0.05) is 22.8 Å². The lowest BCUT2D eigenvalue weighted by Gasteiger charge is -2.15. The van der Waals surface area contributed by atoms with Gasteiger partial charge in [0.2, 0.25) is 0 Å². The topological polar surface area (TPSA) is 77.7 Å². The van der Waals surface area contributed by atoms with Crippen molar-refractivity contribution in [1.29, 1.82) is 5.41 Å². The first-order chi connectivity index (χ1) is 12.2. The molecule has 3 rings (SSSR count). The highest BCUT2D eigenvalue weighted by Crippen LogP contribution is 2.33. The molecule has 0 fully saturated rings. The number of aromatic amines is 1. The summed E-state index contributed by atoms with van der Waals surface area (Å²) in [7, 11) is 0. The number of aromatic nitrogens is 1. The molecule has 1 aromatic carbocycles. The smallest absolute Gasteiger partial charge is 0.140 e. The summed E-state index contributed by atoms with van der Waals surface area (Å²) in [5, 5.41) is 14.6. The molecule has 2 aromatic heterocycles. The fourth-order valence-corrected chi connectivity index (χ4v) is 3.99. The van der Waals surface area contributed by atoms with Gasteiger partial charge in [-0.05, 0) is 60.9 Å². The average molecular weight is 355 g/mol. The van der Waals surface area contributed by atoms with Gasteiger partial charge in [-0.2, -0.15) is 0 Å². The lowest BCUT2D eigenvalue weighted by Crippen LogP contribution is -2.09. The zero-order chi connectivity index (χ0) is 17.6. The third-order valence-corrected chi connectivity index (χ3v) is 5.47. The van der Waals surface area contributed by atoms with Crippen molar-refractivity contribution in [3.63, 3.8) is 0 Å². The second kappa shape index (κ2) is 8.32. The lowest BCUT2D eigenvalue weighted by atomic mass is 9.90. The molecule has 1 unspecified atom stereocenters. The molecule has 2 heterocycles. The summed E-state index contributed by atoms with van der Waals surface area (Å²) in [6, 6.07) is 10.2. The Morgan fingerprint density at radius 1 is 1.32 bits per heavy atom. The van der Waals surface area contributed by atoms with Crippen LogP contribution in [0.25, 0.3) is 10.9 Å². The van der Waals surface area contributed by atoms with Crippen LogP contribution in [0.15, 0.2) is 41.9 Å². The van der Waals surface area contributed by atoms with Crippen LogP contribution in [0.5, 0.6) is 0 Å². The van der Waals surface area contributed by atoms with E-state index in [0.29, 0.717) is 11.8 Å². The summed E-state index contributed by atoms with van der Waals surface area (Å²) in [6.45, 7) is 2.99. The minimum Gasteiger partial charge on any atom is -0.361 e. The van der Waals surface area contributed by atoms with E-state index in [-0.39, 0.29) is 0 Å². The van der Waals surface area contributed by atoms with Gasteiger partial charge in [-0.15, -0.1) is 11.3 Å². The van der Waals surface area contributed by atoms with E-state index in [1.54, 1.807) is 11.3 Å². The zero-order valence-corrected chi connectivity index (χ0v) is 15.5. The van der Waals surface area contributed by atoms with E-state index in [2.05, 4.69) is 41.6 Å². The largest absolute Gasteiger partial charge is 0.361 e. The Balaban J connectivity index is 1.81. The molecular formula is C20H26N4S. The maximum absolute atomic E-state index is 8.17. The molecule has 0 saturated heterocycles. The summed E-state index contributed by atoms with van der Waals surface area (Å²) in [5.74, 6) is 0.999. The van der Waals surface area contributed by atoms with Crippen molar-refractivity contribution in [2.45, 2.75) is 38.5 Å². The molecule has 3 aromatic rings. The number of hydrogen-bond acceptors (Lipinski definition) is 3. The highest BCUT2D eigenvalue weighted by Gasteiger charge is 2.15. The van der Waals surface area contributed by atoms with E-state index < -0.39 is 0 Å². The van der Waals surface area contributed by atoms with E-state index in [1.807, 2.05) is 17.5 Å². The molecule has 25 heavy (non-hydrogen) atoms. The number of hydrogen-bond donors (Lipinski definition) is 4. The maximum Gasteiger partial charge on any atom is 0.140 e. The van der Waals surface area contributed by atoms with E-state index in [9.17, 15) is 0 Å². The summed E-state index contributed by atoms with van der Waals surface area (Å²) in [6.07, 6.45) is 6.72. The molecule has 132 valence electrons. The summed E-state index contributed by atoms with van der Waals surface area (Å²) in [4.78, 5) is 4.35. The second-order valence-corrected chi connectivity index (χ2v) is 7.35. The van der Waals surface area contributed by atoms with Crippen molar-refractivity contribution >= 4 is 33.8 Å². The predicted molar refractivity (Wildman–Crippen MR) is 109 cm³/mol. The van der Waals surface area contributed by atoms with E-state index in [1.165, 1.54) is 23.8 Å². The molecule has 0 radical (unpaired) electrons. The molecule has 0 amide bonds. The van der Waals surface area contributed by atoms with Crippen molar-refractivity contribution in [3.8, 4) is 0 Å². The van der Waals surface area contributed by atoms with Crippen LogP contribution in [0.3, 0.4) is 0 Å². The Morgan fingerprint density at radius 3 is 2.92 bits per heavy atom. The van der Waals surface area contributed by atoms with Gasteiger partial charge in [-0.1, -0.05) is 25.5 Å². The van der Waals surface area contributed by atoms with Crippen molar-refractivity contribution in [2.75, 3.05) is 11.9 Å². The number of rotatable bonds is 8. The first-order valence-corrected chi connectivity index (χ1v) is 9.81. The highest BCUT2D eigenvalue weighted by molar-refractivity contribution is 7.12. The number of thiophene rings is 1. The molecular weight excluding hydrogens is 328 g/mol. The number of amidine groups is 1. The summed E-state index contributed by atoms with van der Waals surface area (Å²) < 4.78 is 0. The van der Waals surface area contributed by atoms with E-state index >= 15 is 0 Å². The number of nitrogens with two attached hydrogens (primary N) is 1. The lowest BCUT2D eigenvalue weighted by molar-refractivity contribution is 0.553. The zero-order valence-electron chi connectivity index (χ0n) is 14.6. The van der Waals surface area contributed by atoms with E-state index in [4.69, 9.17) is 11.1 Å². The van der Waals surface area contributed by atoms with Gasteiger partial charge < -0.3 is 16.0 Å². The second-order valence-electron chi connectivity index (χ2n) is 6.40. The van der Waals surface area contributed by atoms with Gasteiger partial charge in [-0.3, -0.25) is 5.41 Å². The van der Waals surface area contributed by atoms with Crippen LogP contribution in [0, 0.1) is 5.41 Å². The van der Waals surface area contributed by atoms with Gasteiger partial charge in [0.1, 0.15) is 5.84 Å². The molecule has 0 aliphatic carbocycles. The molecule has 5 N–H and O–H groups in total. The fraction of sp³-hybridized carbons (Fsp3) is 0.350. The van der Waals surface area contributed by atoms with Crippen LogP contribution in [0.4, 0.5) is 5.69 Å². The summed E-state index contributed by atoms with van der Waals surface area (Å²) in [5.41, 5.74) is 9.16. The van der Waals surface area contributed by atoms with Gasteiger partial charge in [0.05, 0.1) is 4.88 Å². The minimum atomic E-state index is 0.438. The van der Waals surface area contributed by atoms with Crippen molar-refractivity contribution in [3.05, 3.63) is 52.3 Å². The third-order valence-electron chi connectivity index (χ3n) is 4.58. The molecule has 0 aliphatic rings. The predicted octanol–water partition coefficient (Wildman–Crippen LogP) is 5.29. The van der Waals surface area contributed by atoms with Crippen LogP contribution < -0.4 is 11.1 Å². The SMILES string of the molecule is CCCC(CCCN)c1c[nH]c2cc(NC(=N)c3cccs3)ccc12. The average Bonchev–Trinajstić information content (AvgIpc) is 3.28. The van der Waals surface area contributed by atoms with Crippen LogP contribution in [0.2, 0.25) is 0 Å². The summed E-state index contributed by atoms with van der Waals surface area (Å²) >= 11 is 1.57. The number of anilines is 1. The van der Waals surface area contributed by atoms with E-state index in [0.717, 1.165) is 35.5 Å². The van der Waals surface area contributed by atoms with Gasteiger partial charge in [-0.25, -0.2) is 0 Å². The standard InChI is InChI=1S/C20H26N4S/c1-2-5-14(6-3-10-21)17-13-23-18-12-15(8-9-16(17)18)24-20(22)19-7-4-11-25-19/h4,7-9,11-14,23H,2-3,5-6,10,21H2,1H3,(H2,22,24). The Morgan fingerprint density at radius 2 is 2.20 bits per heavy atom. The Kier molecular flexibility index (Phi) is 5.89. The van der Waals surface area contributed by atoms with Gasteiger partial charge in [0.25, 0.3) is 0 Å². The fourth-order valence-electron chi connectivity index (χ4n) is 3.36. The quantitative estimate of drug-likeness (QED) is 0.328. The first kappa shape index (κ1) is 17.7. The normalized spacial score (nSPS) is 12.4. The minimum absolute atomic E-state index is 0.438. The van der Waals surface area contributed by atoms with Gasteiger partial charge in [0.15, 0.2) is 0 Å². The number of H-pyrrole nitrogens is 1. The van der Waals surface area contributed by atoms with Crippen LogP contribution >= 0.6 is 11.3 Å². The van der Waals surface area contributed by atoms with Crippen LogP contribution in [-0.2, 0) is 0 Å². The Hall–Kier alpha value is -2.11.